The Hall–Kier alpha value is -2.08. The van der Waals surface area contributed by atoms with Crippen molar-refractivity contribution < 1.29 is 9.47 Å². The fourth-order valence-electron chi connectivity index (χ4n) is 2.16. The molecule has 2 rings (SSSR count). The Morgan fingerprint density at radius 1 is 1.33 bits per heavy atom. The van der Waals surface area contributed by atoms with Crippen LogP contribution in [-0.4, -0.2) is 35.0 Å². The van der Waals surface area contributed by atoms with Gasteiger partial charge in [-0.05, 0) is 13.0 Å². The zero-order chi connectivity index (χ0) is 15.1. The Balaban J connectivity index is 1.90. The van der Waals surface area contributed by atoms with Crippen LogP contribution in [0.25, 0.3) is 0 Å². The zero-order valence-corrected chi connectivity index (χ0v) is 12.8. The summed E-state index contributed by atoms with van der Waals surface area (Å²) in [5, 5.41) is 11.3. The van der Waals surface area contributed by atoms with Gasteiger partial charge in [0.2, 0.25) is 0 Å². The molecule has 0 saturated carbocycles. The van der Waals surface area contributed by atoms with E-state index in [-0.39, 0.29) is 0 Å². The van der Waals surface area contributed by atoms with Gasteiger partial charge >= 0.3 is 0 Å². The first-order valence-electron chi connectivity index (χ1n) is 7.08. The van der Waals surface area contributed by atoms with E-state index < -0.39 is 0 Å². The van der Waals surface area contributed by atoms with E-state index in [1.807, 2.05) is 36.7 Å². The van der Waals surface area contributed by atoms with E-state index in [4.69, 9.17) is 9.47 Å². The summed E-state index contributed by atoms with van der Waals surface area (Å²) in [6.45, 7) is 4.14. The molecule has 6 nitrogen and oxygen atoms in total. The molecule has 0 saturated heterocycles. The molecular weight excluding hydrogens is 268 g/mol. The molecular formula is C15H22N4O2. The number of rotatable bonds is 8. The number of aromatic nitrogens is 3. The van der Waals surface area contributed by atoms with E-state index in [2.05, 4.69) is 15.5 Å². The van der Waals surface area contributed by atoms with Crippen molar-refractivity contribution in [2.75, 3.05) is 20.3 Å². The maximum atomic E-state index is 5.58. The molecule has 0 aliphatic carbocycles. The lowest BCUT2D eigenvalue weighted by Crippen LogP contribution is -2.18. The highest BCUT2D eigenvalue weighted by Gasteiger charge is 2.09. The first-order valence-corrected chi connectivity index (χ1v) is 7.08. The average Bonchev–Trinajstić information content (AvgIpc) is 2.89. The highest BCUT2D eigenvalue weighted by Crippen LogP contribution is 2.30. The largest absolute Gasteiger partial charge is 0.493 e. The van der Waals surface area contributed by atoms with Crippen molar-refractivity contribution in [2.24, 2.45) is 7.05 Å². The summed E-state index contributed by atoms with van der Waals surface area (Å²) < 4.78 is 13.0. The van der Waals surface area contributed by atoms with Gasteiger partial charge in [-0.3, -0.25) is 0 Å². The first kappa shape index (κ1) is 15.3. The van der Waals surface area contributed by atoms with E-state index in [1.54, 1.807) is 13.4 Å². The van der Waals surface area contributed by atoms with Gasteiger partial charge in [0, 0.05) is 32.1 Å². The molecule has 2 aromatic rings. The van der Waals surface area contributed by atoms with E-state index in [0.29, 0.717) is 6.61 Å². The molecule has 1 N–H and O–H groups in total. The molecule has 1 aromatic heterocycles. The van der Waals surface area contributed by atoms with Crippen molar-refractivity contribution in [1.29, 1.82) is 0 Å². The van der Waals surface area contributed by atoms with Crippen molar-refractivity contribution in [3.63, 3.8) is 0 Å². The molecule has 1 heterocycles. The van der Waals surface area contributed by atoms with Crippen LogP contribution in [0.2, 0.25) is 0 Å². The number of para-hydroxylation sites is 1. The number of benzene rings is 1. The van der Waals surface area contributed by atoms with Gasteiger partial charge in [-0.1, -0.05) is 12.1 Å². The molecule has 1 aromatic carbocycles. The standard InChI is InChI=1S/C15H22N4O2/c1-4-21-13-7-5-6-12(15(13)20-3)10-16-9-8-14-18-17-11-19(14)2/h5-7,11,16H,4,8-10H2,1-3H3. The second-order valence-corrected chi connectivity index (χ2v) is 4.67. The summed E-state index contributed by atoms with van der Waals surface area (Å²) in [4.78, 5) is 0. The number of hydrogen-bond donors (Lipinski definition) is 1. The van der Waals surface area contributed by atoms with Gasteiger partial charge in [-0.2, -0.15) is 0 Å². The monoisotopic (exact) mass is 290 g/mol. The number of nitrogens with zero attached hydrogens (tertiary/aromatic N) is 3. The van der Waals surface area contributed by atoms with E-state index in [0.717, 1.165) is 42.4 Å². The van der Waals surface area contributed by atoms with Gasteiger partial charge in [0.25, 0.3) is 0 Å². The van der Waals surface area contributed by atoms with E-state index in [9.17, 15) is 0 Å². The molecule has 6 heteroatoms. The minimum absolute atomic E-state index is 0.624. The Bertz CT molecular complexity index is 569. The van der Waals surface area contributed by atoms with Crippen molar-refractivity contribution in [1.82, 2.24) is 20.1 Å². The van der Waals surface area contributed by atoms with Crippen molar-refractivity contribution in [2.45, 2.75) is 19.9 Å². The second kappa shape index (κ2) is 7.64. The molecule has 0 amide bonds. The summed E-state index contributed by atoms with van der Waals surface area (Å²) in [6.07, 6.45) is 2.55. The number of nitrogens with one attached hydrogen (secondary N) is 1. The van der Waals surface area contributed by atoms with E-state index in [1.165, 1.54) is 0 Å². The van der Waals surface area contributed by atoms with Crippen LogP contribution < -0.4 is 14.8 Å². The maximum absolute atomic E-state index is 5.58. The van der Waals surface area contributed by atoms with Gasteiger partial charge in [-0.25, -0.2) is 0 Å². The molecule has 114 valence electrons. The lowest BCUT2D eigenvalue weighted by molar-refractivity contribution is 0.308. The number of hydrogen-bond acceptors (Lipinski definition) is 5. The molecule has 0 fully saturated rings. The van der Waals surface area contributed by atoms with E-state index >= 15 is 0 Å². The predicted octanol–water partition coefficient (Wildman–Crippen LogP) is 1.55. The highest BCUT2D eigenvalue weighted by atomic mass is 16.5. The summed E-state index contributed by atoms with van der Waals surface area (Å²) in [5.74, 6) is 2.55. The smallest absolute Gasteiger partial charge is 0.165 e. The fourth-order valence-corrected chi connectivity index (χ4v) is 2.16. The normalized spacial score (nSPS) is 10.6. The van der Waals surface area contributed by atoms with Crippen LogP contribution in [0.3, 0.4) is 0 Å². The molecule has 21 heavy (non-hydrogen) atoms. The van der Waals surface area contributed by atoms with Crippen LogP contribution in [0.1, 0.15) is 18.3 Å². The quantitative estimate of drug-likeness (QED) is 0.748. The summed E-state index contributed by atoms with van der Waals surface area (Å²) in [5.41, 5.74) is 1.08. The van der Waals surface area contributed by atoms with Gasteiger partial charge < -0.3 is 19.4 Å². The van der Waals surface area contributed by atoms with Crippen molar-refractivity contribution in [3.05, 3.63) is 35.9 Å². The minimum atomic E-state index is 0.624. The molecule has 0 aliphatic rings. The number of aryl methyl sites for hydroxylation is 1. The lowest BCUT2D eigenvalue weighted by Gasteiger charge is -2.14. The topological polar surface area (TPSA) is 61.2 Å². The number of ether oxygens (including phenoxy) is 2. The molecule has 0 aliphatic heterocycles. The van der Waals surface area contributed by atoms with Crippen LogP contribution >= 0.6 is 0 Å². The predicted molar refractivity (Wildman–Crippen MR) is 80.6 cm³/mol. The van der Waals surface area contributed by atoms with Crippen LogP contribution in [-0.2, 0) is 20.0 Å². The minimum Gasteiger partial charge on any atom is -0.493 e. The third-order valence-electron chi connectivity index (χ3n) is 3.21. The SMILES string of the molecule is CCOc1cccc(CNCCc2nncn2C)c1OC. The van der Waals surface area contributed by atoms with Crippen molar-refractivity contribution >= 4 is 0 Å². The Morgan fingerprint density at radius 3 is 2.86 bits per heavy atom. The summed E-state index contributed by atoms with van der Waals surface area (Å²) >= 11 is 0. The lowest BCUT2D eigenvalue weighted by atomic mass is 10.2. The van der Waals surface area contributed by atoms with Gasteiger partial charge in [0.05, 0.1) is 13.7 Å². The van der Waals surface area contributed by atoms with Gasteiger partial charge in [0.15, 0.2) is 11.5 Å². The van der Waals surface area contributed by atoms with Crippen LogP contribution in [0.5, 0.6) is 11.5 Å². The Labute approximate surface area is 125 Å². The summed E-state index contributed by atoms with van der Waals surface area (Å²) in [6, 6.07) is 5.94. The Morgan fingerprint density at radius 2 is 2.19 bits per heavy atom. The second-order valence-electron chi connectivity index (χ2n) is 4.67. The fraction of sp³-hybridized carbons (Fsp3) is 0.467. The molecule has 0 spiro atoms. The molecule has 0 unspecified atom stereocenters. The molecule has 0 bridgehead atoms. The zero-order valence-electron chi connectivity index (χ0n) is 12.8. The Kier molecular flexibility index (Phi) is 5.57. The van der Waals surface area contributed by atoms with Crippen molar-refractivity contribution in [3.8, 4) is 11.5 Å². The maximum Gasteiger partial charge on any atom is 0.165 e. The van der Waals surface area contributed by atoms with Crippen LogP contribution in [0.15, 0.2) is 24.5 Å². The molecule has 0 radical (unpaired) electrons. The first-order chi connectivity index (χ1) is 10.3. The summed E-state index contributed by atoms with van der Waals surface area (Å²) in [7, 11) is 3.62. The third kappa shape index (κ3) is 3.95. The highest BCUT2D eigenvalue weighted by molar-refractivity contribution is 5.46. The number of methoxy groups -OCH3 is 1. The van der Waals surface area contributed by atoms with Crippen LogP contribution in [0, 0.1) is 0 Å². The average molecular weight is 290 g/mol. The van der Waals surface area contributed by atoms with Crippen LogP contribution in [0.4, 0.5) is 0 Å². The van der Waals surface area contributed by atoms with Gasteiger partial charge in [0.1, 0.15) is 12.2 Å². The van der Waals surface area contributed by atoms with Gasteiger partial charge in [-0.15, -0.1) is 10.2 Å². The molecule has 0 atom stereocenters. The third-order valence-corrected chi connectivity index (χ3v) is 3.21.